The van der Waals surface area contributed by atoms with Crippen molar-refractivity contribution in [3.63, 3.8) is 0 Å². The molecule has 3 aromatic rings. The summed E-state index contributed by atoms with van der Waals surface area (Å²) < 4.78 is 26.7. The summed E-state index contributed by atoms with van der Waals surface area (Å²) in [5, 5.41) is 12.4. The van der Waals surface area contributed by atoms with Crippen LogP contribution in [0.5, 0.6) is 0 Å². The Kier molecular flexibility index (Phi) is 5.31. The molecule has 3 nitrogen and oxygen atoms in total. The molecule has 0 saturated carbocycles. The highest BCUT2D eigenvalue weighted by Gasteiger charge is 2.10. The zero-order valence-corrected chi connectivity index (χ0v) is 14.5. The van der Waals surface area contributed by atoms with Gasteiger partial charge in [0.05, 0.1) is 11.3 Å². The number of halogens is 2. The fraction of sp³-hybridized carbons (Fsp3) is 0.0455. The fourth-order valence-electron chi connectivity index (χ4n) is 2.55. The number of hydrogen-bond acceptors (Lipinski definition) is 2. The highest BCUT2D eigenvalue weighted by molar-refractivity contribution is 5.96. The minimum absolute atomic E-state index is 0.0952. The average Bonchev–Trinajstić information content (AvgIpc) is 2.64. The number of anilines is 2. The van der Waals surface area contributed by atoms with E-state index in [0.717, 1.165) is 5.56 Å². The Morgan fingerprint density at radius 3 is 2.19 bits per heavy atom. The maximum atomic E-state index is 13.6. The van der Waals surface area contributed by atoms with Crippen molar-refractivity contribution < 1.29 is 18.7 Å². The highest BCUT2D eigenvalue weighted by atomic mass is 19.1. The number of carbonyl (C=O) groups is 1. The van der Waals surface area contributed by atoms with Gasteiger partial charge in [0.15, 0.2) is 0 Å². The van der Waals surface area contributed by atoms with Crippen molar-refractivity contribution in [3.8, 4) is 0 Å². The second kappa shape index (κ2) is 7.83. The summed E-state index contributed by atoms with van der Waals surface area (Å²) in [6, 6.07) is 15.4. The summed E-state index contributed by atoms with van der Waals surface area (Å²) in [5.41, 5.74) is 3.06. The Labute approximate surface area is 155 Å². The lowest BCUT2D eigenvalue weighted by Gasteiger charge is -2.11. The Bertz CT molecular complexity index is 1010. The van der Waals surface area contributed by atoms with Gasteiger partial charge in [-0.1, -0.05) is 30.4 Å². The Morgan fingerprint density at radius 1 is 0.926 bits per heavy atom. The van der Waals surface area contributed by atoms with Crippen LogP contribution in [0.3, 0.4) is 0 Å². The first kappa shape index (κ1) is 18.3. The molecule has 0 saturated heterocycles. The summed E-state index contributed by atoms with van der Waals surface area (Å²) >= 11 is 0. The van der Waals surface area contributed by atoms with Gasteiger partial charge in [-0.3, -0.25) is 0 Å². The van der Waals surface area contributed by atoms with Crippen LogP contribution in [0.4, 0.5) is 20.2 Å². The summed E-state index contributed by atoms with van der Waals surface area (Å²) in [6.45, 7) is 1.70. The molecule has 0 unspecified atom stereocenters. The minimum Gasteiger partial charge on any atom is -0.478 e. The minimum atomic E-state index is -1.07. The number of benzene rings is 3. The third-order valence-electron chi connectivity index (χ3n) is 4.06. The maximum absolute atomic E-state index is 13.6. The average molecular weight is 365 g/mol. The molecule has 27 heavy (non-hydrogen) atoms. The SMILES string of the molecule is Cc1ccc(C=Cc2ccc(C(=O)O)c(Nc3ccc(F)cc3)c2)cc1F. The number of aryl methyl sites for hydroxylation is 1. The molecule has 0 aliphatic carbocycles. The van der Waals surface area contributed by atoms with Gasteiger partial charge in [-0.05, 0) is 66.1 Å². The molecule has 0 radical (unpaired) electrons. The van der Waals surface area contributed by atoms with Crippen molar-refractivity contribution in [1.29, 1.82) is 0 Å². The number of rotatable bonds is 5. The van der Waals surface area contributed by atoms with Gasteiger partial charge in [0.25, 0.3) is 0 Å². The predicted octanol–water partition coefficient (Wildman–Crippen LogP) is 5.89. The van der Waals surface area contributed by atoms with E-state index in [1.165, 1.54) is 36.4 Å². The van der Waals surface area contributed by atoms with Crippen LogP contribution in [0.25, 0.3) is 12.2 Å². The van der Waals surface area contributed by atoms with E-state index < -0.39 is 5.97 Å². The summed E-state index contributed by atoms with van der Waals surface area (Å²) in [5.74, 6) is -1.73. The van der Waals surface area contributed by atoms with Crippen LogP contribution in [0.2, 0.25) is 0 Å². The first-order chi connectivity index (χ1) is 12.9. The summed E-state index contributed by atoms with van der Waals surface area (Å²) in [6.07, 6.45) is 3.52. The molecule has 0 spiro atoms. The van der Waals surface area contributed by atoms with E-state index in [4.69, 9.17) is 0 Å². The number of aromatic carboxylic acids is 1. The molecule has 0 aliphatic rings. The molecule has 0 aromatic heterocycles. The molecule has 0 amide bonds. The number of carboxylic acids is 1. The van der Waals surface area contributed by atoms with Gasteiger partial charge in [-0.25, -0.2) is 13.6 Å². The predicted molar refractivity (Wildman–Crippen MR) is 103 cm³/mol. The van der Waals surface area contributed by atoms with Gasteiger partial charge in [0.2, 0.25) is 0 Å². The molecule has 0 bridgehead atoms. The van der Waals surface area contributed by atoms with Crippen molar-refractivity contribution in [2.45, 2.75) is 6.92 Å². The first-order valence-electron chi connectivity index (χ1n) is 8.26. The maximum Gasteiger partial charge on any atom is 0.337 e. The molecular weight excluding hydrogens is 348 g/mol. The van der Waals surface area contributed by atoms with Gasteiger partial charge in [0.1, 0.15) is 11.6 Å². The van der Waals surface area contributed by atoms with Crippen LogP contribution in [-0.2, 0) is 0 Å². The van der Waals surface area contributed by atoms with E-state index in [9.17, 15) is 18.7 Å². The topological polar surface area (TPSA) is 49.3 Å². The van der Waals surface area contributed by atoms with E-state index >= 15 is 0 Å². The second-order valence-electron chi connectivity index (χ2n) is 6.08. The molecule has 5 heteroatoms. The lowest BCUT2D eigenvalue weighted by atomic mass is 10.1. The van der Waals surface area contributed by atoms with Crippen LogP contribution < -0.4 is 5.32 Å². The Morgan fingerprint density at radius 2 is 1.56 bits per heavy atom. The number of nitrogens with one attached hydrogen (secondary N) is 1. The normalized spacial score (nSPS) is 10.9. The van der Waals surface area contributed by atoms with Crippen LogP contribution in [-0.4, -0.2) is 11.1 Å². The van der Waals surface area contributed by atoms with Gasteiger partial charge in [-0.2, -0.15) is 0 Å². The Hall–Kier alpha value is -3.47. The molecule has 0 heterocycles. The smallest absolute Gasteiger partial charge is 0.337 e. The lowest BCUT2D eigenvalue weighted by Crippen LogP contribution is -2.03. The molecule has 0 fully saturated rings. The van der Waals surface area contributed by atoms with Gasteiger partial charge >= 0.3 is 5.97 Å². The van der Waals surface area contributed by atoms with E-state index in [-0.39, 0.29) is 17.2 Å². The number of carboxylic acid groups (broad SMARTS) is 1. The summed E-state index contributed by atoms with van der Waals surface area (Å²) in [4.78, 5) is 11.5. The van der Waals surface area contributed by atoms with Gasteiger partial charge < -0.3 is 10.4 Å². The van der Waals surface area contributed by atoms with E-state index in [1.807, 2.05) is 0 Å². The standard InChI is InChI=1S/C22H17F2NO2/c1-14-2-3-15(12-20(14)24)4-5-16-6-11-19(22(26)27)21(13-16)25-18-9-7-17(23)8-10-18/h2-13,25H,1H3,(H,26,27). The van der Waals surface area contributed by atoms with Crippen LogP contribution in [0.15, 0.2) is 60.7 Å². The third kappa shape index (κ3) is 4.58. The van der Waals surface area contributed by atoms with Gasteiger partial charge in [0, 0.05) is 5.69 Å². The van der Waals surface area contributed by atoms with Crippen molar-refractivity contribution in [2.24, 2.45) is 0 Å². The van der Waals surface area contributed by atoms with Crippen LogP contribution >= 0.6 is 0 Å². The largest absolute Gasteiger partial charge is 0.478 e. The molecular formula is C22H17F2NO2. The van der Waals surface area contributed by atoms with E-state index in [0.29, 0.717) is 22.5 Å². The molecule has 2 N–H and O–H groups in total. The molecule has 0 atom stereocenters. The molecule has 136 valence electrons. The molecule has 3 rings (SSSR count). The lowest BCUT2D eigenvalue weighted by molar-refractivity contribution is 0.0698. The third-order valence-corrected chi connectivity index (χ3v) is 4.06. The quantitative estimate of drug-likeness (QED) is 0.555. The highest BCUT2D eigenvalue weighted by Crippen LogP contribution is 2.24. The van der Waals surface area contributed by atoms with E-state index in [2.05, 4.69) is 5.32 Å². The van der Waals surface area contributed by atoms with Crippen LogP contribution in [0, 0.1) is 18.6 Å². The zero-order valence-electron chi connectivity index (χ0n) is 14.5. The van der Waals surface area contributed by atoms with Crippen LogP contribution in [0.1, 0.15) is 27.0 Å². The molecule has 0 aliphatic heterocycles. The second-order valence-corrected chi connectivity index (χ2v) is 6.08. The van der Waals surface area contributed by atoms with Gasteiger partial charge in [-0.15, -0.1) is 0 Å². The van der Waals surface area contributed by atoms with E-state index in [1.54, 1.807) is 43.3 Å². The Balaban J connectivity index is 1.90. The zero-order chi connectivity index (χ0) is 19.4. The first-order valence-corrected chi connectivity index (χ1v) is 8.26. The fourth-order valence-corrected chi connectivity index (χ4v) is 2.55. The summed E-state index contributed by atoms with van der Waals surface area (Å²) in [7, 11) is 0. The van der Waals surface area contributed by atoms with Crippen molar-refractivity contribution >= 4 is 29.5 Å². The van der Waals surface area contributed by atoms with Crippen molar-refractivity contribution in [1.82, 2.24) is 0 Å². The molecule has 3 aromatic carbocycles. The van der Waals surface area contributed by atoms with Crippen molar-refractivity contribution in [2.75, 3.05) is 5.32 Å². The number of hydrogen-bond donors (Lipinski definition) is 2. The monoisotopic (exact) mass is 365 g/mol. The van der Waals surface area contributed by atoms with Crippen molar-refractivity contribution in [3.05, 3.63) is 94.6 Å².